The van der Waals surface area contributed by atoms with Crippen LogP contribution < -0.4 is 0 Å². The molecule has 0 N–H and O–H groups in total. The van der Waals surface area contributed by atoms with E-state index in [1.165, 1.54) is 36.3 Å². The summed E-state index contributed by atoms with van der Waals surface area (Å²) in [6, 6.07) is 10.7. The first-order valence-corrected chi connectivity index (χ1v) is 9.81. The molecule has 1 spiro atoms. The molecule has 4 rings (SSSR count). The zero-order valence-corrected chi connectivity index (χ0v) is 15.1. The minimum Gasteiger partial charge on any atom is -0.337 e. The second-order valence-corrected chi connectivity index (χ2v) is 8.34. The maximum Gasteiger partial charge on any atom is 0.263 e. The average Bonchev–Trinajstić information content (AvgIpc) is 3.27. The van der Waals surface area contributed by atoms with Gasteiger partial charge in [0.1, 0.15) is 5.82 Å². The third kappa shape index (κ3) is 3.62. The van der Waals surface area contributed by atoms with Gasteiger partial charge in [0.2, 0.25) is 0 Å². The van der Waals surface area contributed by atoms with Crippen molar-refractivity contribution in [1.82, 2.24) is 9.80 Å². The van der Waals surface area contributed by atoms with Crippen LogP contribution >= 0.6 is 11.3 Å². The number of hydrogen-bond acceptors (Lipinski definition) is 3. The first-order chi connectivity index (χ1) is 12.1. The molecule has 1 amide bonds. The van der Waals surface area contributed by atoms with Crippen LogP contribution in [0.5, 0.6) is 0 Å². The highest BCUT2D eigenvalue weighted by Crippen LogP contribution is 2.40. The largest absolute Gasteiger partial charge is 0.337 e. The fraction of sp³-hybridized carbons (Fsp3) is 0.450. The number of hydrogen-bond donors (Lipinski definition) is 0. The van der Waals surface area contributed by atoms with Gasteiger partial charge < -0.3 is 4.90 Å². The molecule has 2 saturated heterocycles. The number of thiophene rings is 1. The second-order valence-electron chi connectivity index (χ2n) is 7.39. The summed E-state index contributed by atoms with van der Waals surface area (Å²) in [7, 11) is 0. The van der Waals surface area contributed by atoms with Gasteiger partial charge in [-0.2, -0.15) is 0 Å². The van der Waals surface area contributed by atoms with Crippen molar-refractivity contribution in [3.05, 3.63) is 58.0 Å². The van der Waals surface area contributed by atoms with Crippen LogP contribution in [0.2, 0.25) is 0 Å². The van der Waals surface area contributed by atoms with Crippen LogP contribution in [0.3, 0.4) is 0 Å². The molecule has 3 heterocycles. The number of halogens is 1. The summed E-state index contributed by atoms with van der Waals surface area (Å²) in [5.41, 5.74) is 1.38. The normalized spacial score (nSPS) is 24.1. The van der Waals surface area contributed by atoms with Crippen molar-refractivity contribution in [2.45, 2.75) is 25.8 Å². The smallest absolute Gasteiger partial charge is 0.263 e. The van der Waals surface area contributed by atoms with Gasteiger partial charge in [0.15, 0.2) is 0 Å². The van der Waals surface area contributed by atoms with Gasteiger partial charge in [0.05, 0.1) is 4.88 Å². The van der Waals surface area contributed by atoms with Crippen LogP contribution in [0.1, 0.15) is 34.5 Å². The van der Waals surface area contributed by atoms with Gasteiger partial charge in [-0.05, 0) is 54.9 Å². The number of carbonyl (C=O) groups is 1. The summed E-state index contributed by atoms with van der Waals surface area (Å²) >= 11 is 1.52. The Balaban J connectivity index is 1.40. The predicted molar refractivity (Wildman–Crippen MR) is 98.2 cm³/mol. The number of rotatable bonds is 3. The Hall–Kier alpha value is -1.72. The Kier molecular flexibility index (Phi) is 4.61. The number of benzene rings is 1. The van der Waals surface area contributed by atoms with E-state index in [1.54, 1.807) is 0 Å². The molecule has 3 nitrogen and oxygen atoms in total. The first-order valence-electron chi connectivity index (χ1n) is 8.93. The van der Waals surface area contributed by atoms with Gasteiger partial charge in [0, 0.05) is 31.6 Å². The molecular weight excluding hydrogens is 335 g/mol. The third-order valence-electron chi connectivity index (χ3n) is 5.52. The number of carbonyl (C=O) groups excluding carboxylic acids is 1. The van der Waals surface area contributed by atoms with Gasteiger partial charge in [0.25, 0.3) is 5.91 Å². The maximum absolute atomic E-state index is 13.1. The lowest BCUT2D eigenvalue weighted by molar-refractivity contribution is 0.0679. The Morgan fingerprint density at radius 2 is 1.96 bits per heavy atom. The summed E-state index contributed by atoms with van der Waals surface area (Å²) in [6.07, 6.45) is 3.45. The Bertz CT molecular complexity index is 731. The molecule has 2 fully saturated rings. The predicted octanol–water partition coefficient (Wildman–Crippen LogP) is 4.02. The molecule has 2 aliphatic heterocycles. The van der Waals surface area contributed by atoms with Gasteiger partial charge in [-0.15, -0.1) is 11.3 Å². The minimum absolute atomic E-state index is 0.183. The van der Waals surface area contributed by atoms with Crippen molar-refractivity contribution in [2.75, 3.05) is 26.2 Å². The SMILES string of the molecule is O=C(c1cccs1)N1CC[C@]2(CCCN(Cc3ccc(F)cc3)C2)C1. The van der Waals surface area contributed by atoms with Crippen molar-refractivity contribution >= 4 is 17.2 Å². The van der Waals surface area contributed by atoms with E-state index < -0.39 is 0 Å². The molecule has 1 aromatic heterocycles. The number of likely N-dealkylation sites (tertiary alicyclic amines) is 2. The number of amides is 1. The fourth-order valence-electron chi connectivity index (χ4n) is 4.29. The maximum atomic E-state index is 13.1. The van der Waals surface area contributed by atoms with Crippen molar-refractivity contribution in [3.63, 3.8) is 0 Å². The lowest BCUT2D eigenvalue weighted by Crippen LogP contribution is -2.44. The topological polar surface area (TPSA) is 23.6 Å². The van der Waals surface area contributed by atoms with Gasteiger partial charge in [-0.3, -0.25) is 9.69 Å². The zero-order chi connectivity index (χ0) is 17.3. The van der Waals surface area contributed by atoms with Crippen LogP contribution in [0, 0.1) is 11.2 Å². The first kappa shape index (κ1) is 16.7. The molecule has 25 heavy (non-hydrogen) atoms. The summed E-state index contributed by atoms with van der Waals surface area (Å²) in [4.78, 5) is 18.0. The van der Waals surface area contributed by atoms with Crippen molar-refractivity contribution in [3.8, 4) is 0 Å². The monoisotopic (exact) mass is 358 g/mol. The van der Waals surface area contributed by atoms with Gasteiger partial charge >= 0.3 is 0 Å². The molecule has 0 unspecified atom stereocenters. The third-order valence-corrected chi connectivity index (χ3v) is 6.38. The highest BCUT2D eigenvalue weighted by atomic mass is 32.1. The molecule has 2 aliphatic rings. The summed E-state index contributed by atoms with van der Waals surface area (Å²) in [6.45, 7) is 4.70. The Morgan fingerprint density at radius 1 is 1.12 bits per heavy atom. The van der Waals surface area contributed by atoms with Crippen LogP contribution in [0.15, 0.2) is 41.8 Å². The lowest BCUT2D eigenvalue weighted by Gasteiger charge is -2.40. The van der Waals surface area contributed by atoms with E-state index in [0.717, 1.165) is 49.6 Å². The molecule has 5 heteroatoms. The highest BCUT2D eigenvalue weighted by molar-refractivity contribution is 7.12. The van der Waals surface area contributed by atoms with Crippen molar-refractivity contribution in [2.24, 2.45) is 5.41 Å². The van der Waals surface area contributed by atoms with E-state index in [-0.39, 0.29) is 17.1 Å². The summed E-state index contributed by atoms with van der Waals surface area (Å²) < 4.78 is 13.1. The van der Waals surface area contributed by atoms with E-state index >= 15 is 0 Å². The highest BCUT2D eigenvalue weighted by Gasteiger charge is 2.42. The fourth-order valence-corrected chi connectivity index (χ4v) is 4.98. The Morgan fingerprint density at radius 3 is 2.72 bits per heavy atom. The summed E-state index contributed by atoms with van der Waals surface area (Å²) in [5, 5.41) is 1.96. The number of nitrogens with zero attached hydrogens (tertiary/aromatic N) is 2. The molecule has 0 bridgehead atoms. The van der Waals surface area contributed by atoms with Crippen LogP contribution in [-0.2, 0) is 6.54 Å². The van der Waals surface area contributed by atoms with Gasteiger partial charge in [-0.25, -0.2) is 4.39 Å². The quantitative estimate of drug-likeness (QED) is 0.827. The molecule has 0 radical (unpaired) electrons. The van der Waals surface area contributed by atoms with E-state index in [2.05, 4.69) is 4.90 Å². The molecular formula is C20H23FN2OS. The Labute approximate surface area is 152 Å². The van der Waals surface area contributed by atoms with E-state index in [9.17, 15) is 9.18 Å². The van der Waals surface area contributed by atoms with Gasteiger partial charge in [-0.1, -0.05) is 18.2 Å². The molecule has 132 valence electrons. The molecule has 1 aromatic carbocycles. The minimum atomic E-state index is -0.183. The van der Waals surface area contributed by atoms with E-state index in [0.29, 0.717) is 0 Å². The van der Waals surface area contributed by atoms with Crippen LogP contribution in [0.4, 0.5) is 4.39 Å². The zero-order valence-electron chi connectivity index (χ0n) is 14.3. The summed E-state index contributed by atoms with van der Waals surface area (Å²) in [5.74, 6) is -0.0000725. The molecule has 1 atom stereocenters. The van der Waals surface area contributed by atoms with Crippen molar-refractivity contribution < 1.29 is 9.18 Å². The molecule has 2 aromatic rings. The van der Waals surface area contributed by atoms with E-state index in [1.807, 2.05) is 34.5 Å². The molecule has 0 saturated carbocycles. The average molecular weight is 358 g/mol. The molecule has 0 aliphatic carbocycles. The van der Waals surface area contributed by atoms with Crippen molar-refractivity contribution in [1.29, 1.82) is 0 Å². The number of piperidine rings is 1. The lowest BCUT2D eigenvalue weighted by atomic mass is 9.79. The van der Waals surface area contributed by atoms with E-state index in [4.69, 9.17) is 0 Å². The van der Waals surface area contributed by atoms with Crippen LogP contribution in [-0.4, -0.2) is 41.9 Å². The standard InChI is InChI=1S/C20H23FN2OS/c21-17-6-4-16(5-7-17)13-22-10-2-8-20(14-22)9-11-23(15-20)19(24)18-3-1-12-25-18/h1,3-7,12H,2,8-11,13-15H2/t20-/m0/s1. The van der Waals surface area contributed by atoms with Crippen LogP contribution in [0.25, 0.3) is 0 Å². The second kappa shape index (κ2) is 6.89.